The summed E-state index contributed by atoms with van der Waals surface area (Å²) in [6.07, 6.45) is 4.48. The summed E-state index contributed by atoms with van der Waals surface area (Å²) in [7, 11) is -1.85. The van der Waals surface area contributed by atoms with Crippen LogP contribution in [0.2, 0.25) is 0 Å². The first-order chi connectivity index (χ1) is 16.7. The number of nitriles is 1. The average molecular weight is 494 g/mol. The Labute approximate surface area is 203 Å². The second-order valence-corrected chi connectivity index (χ2v) is 9.98. The molecule has 1 aromatic heterocycles. The van der Waals surface area contributed by atoms with Gasteiger partial charge < -0.3 is 14.6 Å². The van der Waals surface area contributed by atoms with Gasteiger partial charge in [-0.1, -0.05) is 42.5 Å². The fraction of sp³-hybridized carbons (Fsp3) is 0.200. The maximum atomic E-state index is 13.6. The van der Waals surface area contributed by atoms with Crippen LogP contribution in [0.15, 0.2) is 65.7 Å². The molecule has 35 heavy (non-hydrogen) atoms. The predicted octanol–water partition coefficient (Wildman–Crippen LogP) is 4.20. The number of ether oxygens (including phenoxy) is 1. The van der Waals surface area contributed by atoms with Gasteiger partial charge in [0.05, 0.1) is 29.2 Å². The van der Waals surface area contributed by atoms with Crippen molar-refractivity contribution in [2.24, 2.45) is 7.05 Å². The van der Waals surface area contributed by atoms with Crippen molar-refractivity contribution in [3.05, 3.63) is 89.0 Å². The van der Waals surface area contributed by atoms with E-state index >= 15 is 0 Å². The number of nitrogens with one attached hydrogen (secondary N) is 3. The molecule has 1 unspecified atom stereocenters. The van der Waals surface area contributed by atoms with Crippen LogP contribution in [0.4, 0.5) is 10.1 Å². The molecule has 0 bridgehead atoms. The topological polar surface area (TPSA) is 120 Å². The molecule has 3 N–H and O–H groups in total. The van der Waals surface area contributed by atoms with Gasteiger partial charge in [-0.15, -0.1) is 0 Å². The molecule has 3 atom stereocenters. The Morgan fingerprint density at radius 2 is 2.09 bits per heavy atom. The summed E-state index contributed by atoms with van der Waals surface area (Å²) in [5, 5.41) is 11.7. The zero-order chi connectivity index (χ0) is 25.2. The molecule has 2 heterocycles. The Kier molecular flexibility index (Phi) is 6.84. The summed E-state index contributed by atoms with van der Waals surface area (Å²) < 4.78 is 45.8. The maximum Gasteiger partial charge on any atom is 0.272 e. The molecule has 0 fully saturated rings. The number of aromatic nitrogens is 1. The number of fused-ring (bicyclic) bond motifs is 1. The molecule has 1 aliphatic rings. The molecule has 4 rings (SSSR count). The zero-order valence-electron chi connectivity index (χ0n) is 19.1. The van der Waals surface area contributed by atoms with E-state index in [0.717, 1.165) is 11.6 Å². The van der Waals surface area contributed by atoms with Crippen LogP contribution >= 0.6 is 0 Å². The smallest absolute Gasteiger partial charge is 0.272 e. The molecule has 0 saturated carbocycles. The second-order valence-electron chi connectivity index (χ2n) is 8.19. The van der Waals surface area contributed by atoms with E-state index in [2.05, 4.69) is 10.0 Å². The van der Waals surface area contributed by atoms with Crippen LogP contribution < -0.4 is 10.0 Å². The Balaban J connectivity index is 1.59. The second kappa shape index (κ2) is 9.84. The Bertz CT molecular complexity index is 1440. The lowest BCUT2D eigenvalue weighted by Gasteiger charge is -2.22. The van der Waals surface area contributed by atoms with E-state index in [1.165, 1.54) is 22.9 Å². The van der Waals surface area contributed by atoms with E-state index in [9.17, 15) is 13.4 Å². The summed E-state index contributed by atoms with van der Waals surface area (Å²) in [6, 6.07) is 14.5. The maximum absolute atomic E-state index is 13.6. The van der Waals surface area contributed by atoms with Gasteiger partial charge in [0, 0.05) is 24.5 Å². The SMILES string of the molecule is C[C@@H](OCc1ccccc1)[C@H]1C=Cc2c(cn(C)c2C(=O)Nc2ccc(F)c(C#N)c2)S(=N)(=O)N1. The van der Waals surface area contributed by atoms with Crippen molar-refractivity contribution in [1.29, 1.82) is 10.0 Å². The summed E-state index contributed by atoms with van der Waals surface area (Å²) in [5.74, 6) is -1.23. The van der Waals surface area contributed by atoms with Gasteiger partial charge in [-0.2, -0.15) is 5.26 Å². The molecule has 2 aromatic carbocycles. The average Bonchev–Trinajstić information content (AvgIpc) is 3.12. The third kappa shape index (κ3) is 5.17. The Hall–Kier alpha value is -3.78. The van der Waals surface area contributed by atoms with Crippen molar-refractivity contribution in [3.8, 4) is 6.07 Å². The van der Waals surface area contributed by atoms with Crippen LogP contribution in [0.5, 0.6) is 0 Å². The fourth-order valence-corrected chi connectivity index (χ4v) is 5.38. The van der Waals surface area contributed by atoms with E-state index in [1.54, 1.807) is 25.3 Å². The number of halogens is 1. The first-order valence-electron chi connectivity index (χ1n) is 10.8. The van der Waals surface area contributed by atoms with Gasteiger partial charge in [0.2, 0.25) is 0 Å². The van der Waals surface area contributed by atoms with Crippen LogP contribution in [0.25, 0.3) is 6.08 Å². The minimum atomic E-state index is -3.47. The Morgan fingerprint density at radius 1 is 1.34 bits per heavy atom. The van der Waals surface area contributed by atoms with E-state index in [4.69, 9.17) is 14.8 Å². The van der Waals surface area contributed by atoms with Gasteiger partial charge in [-0.3, -0.25) is 4.79 Å². The van der Waals surface area contributed by atoms with Crippen LogP contribution in [-0.2, 0) is 28.3 Å². The van der Waals surface area contributed by atoms with Crippen molar-refractivity contribution < 1.29 is 18.1 Å². The van der Waals surface area contributed by atoms with Gasteiger partial charge in [0.25, 0.3) is 5.91 Å². The standard InChI is InChI=1S/C25H24FN5O3S/c1-16(34-15-17-6-4-3-5-7-17)22-11-9-20-23(35(28,33)30-22)14-31(2)24(20)25(32)29-19-8-10-21(26)18(12-19)13-27/h3-12,14,16,22H,15H2,1-2H3,(H,29,32)(H2,28,30,33)/t16-,22-,35?/m1/s1. The number of amides is 1. The number of anilines is 1. The highest BCUT2D eigenvalue weighted by Gasteiger charge is 2.30. The fourth-order valence-electron chi connectivity index (χ4n) is 3.82. The third-order valence-corrected chi connectivity index (χ3v) is 7.24. The predicted molar refractivity (Wildman–Crippen MR) is 130 cm³/mol. The Morgan fingerprint density at radius 3 is 2.80 bits per heavy atom. The lowest BCUT2D eigenvalue weighted by Crippen LogP contribution is -2.40. The van der Waals surface area contributed by atoms with Crippen LogP contribution in [0.3, 0.4) is 0 Å². The molecule has 8 nitrogen and oxygen atoms in total. The van der Waals surface area contributed by atoms with Gasteiger partial charge >= 0.3 is 0 Å². The normalized spacial score (nSPS) is 19.9. The van der Waals surface area contributed by atoms with Crippen LogP contribution in [0.1, 0.15) is 34.1 Å². The minimum absolute atomic E-state index is 0.177. The summed E-state index contributed by atoms with van der Waals surface area (Å²) >= 11 is 0. The van der Waals surface area contributed by atoms with E-state index in [-0.39, 0.29) is 21.8 Å². The van der Waals surface area contributed by atoms with Gasteiger partial charge in [-0.05, 0) is 30.7 Å². The molecule has 1 aliphatic heterocycles. The molecule has 180 valence electrons. The highest BCUT2D eigenvalue weighted by molar-refractivity contribution is 7.90. The van der Waals surface area contributed by atoms with Crippen LogP contribution in [-0.4, -0.2) is 26.8 Å². The van der Waals surface area contributed by atoms with E-state index < -0.39 is 33.8 Å². The van der Waals surface area contributed by atoms with Crippen molar-refractivity contribution >= 4 is 27.6 Å². The monoisotopic (exact) mass is 493 g/mol. The molecule has 3 aromatic rings. The summed E-state index contributed by atoms with van der Waals surface area (Å²) in [4.78, 5) is 13.3. The molecule has 0 aliphatic carbocycles. The summed E-state index contributed by atoms with van der Waals surface area (Å²) in [5.41, 5.74) is 1.56. The highest BCUT2D eigenvalue weighted by atomic mass is 32.2. The molecule has 0 radical (unpaired) electrons. The van der Waals surface area contributed by atoms with E-state index in [0.29, 0.717) is 12.2 Å². The molecular formula is C25H24FN5O3S. The van der Waals surface area contributed by atoms with Gasteiger partial charge in [0.1, 0.15) is 27.5 Å². The lowest BCUT2D eigenvalue weighted by molar-refractivity contribution is 0.0425. The number of hydrogen-bond acceptors (Lipinski definition) is 5. The number of carbonyl (C=O) groups excluding carboxylic acids is 1. The largest absolute Gasteiger partial charge is 0.372 e. The molecular weight excluding hydrogens is 469 g/mol. The lowest BCUT2D eigenvalue weighted by atomic mass is 10.1. The van der Waals surface area contributed by atoms with Gasteiger partial charge in [0.15, 0.2) is 0 Å². The molecule has 0 spiro atoms. The van der Waals surface area contributed by atoms with Crippen molar-refractivity contribution in [2.45, 2.75) is 30.6 Å². The number of nitrogens with zero attached hydrogens (tertiary/aromatic N) is 2. The third-order valence-electron chi connectivity index (χ3n) is 5.69. The zero-order valence-corrected chi connectivity index (χ0v) is 19.9. The first-order valence-corrected chi connectivity index (χ1v) is 12.4. The summed E-state index contributed by atoms with van der Waals surface area (Å²) in [6.45, 7) is 2.18. The van der Waals surface area contributed by atoms with Crippen molar-refractivity contribution in [3.63, 3.8) is 0 Å². The number of benzene rings is 2. The number of aryl methyl sites for hydroxylation is 1. The number of rotatable bonds is 6. The van der Waals surface area contributed by atoms with E-state index in [1.807, 2.05) is 37.3 Å². The van der Waals surface area contributed by atoms with Crippen molar-refractivity contribution in [1.82, 2.24) is 9.29 Å². The van der Waals surface area contributed by atoms with Crippen LogP contribution in [0, 0.1) is 21.9 Å². The van der Waals surface area contributed by atoms with Crippen molar-refractivity contribution in [2.75, 3.05) is 5.32 Å². The molecule has 10 heteroatoms. The molecule has 1 amide bonds. The first kappa shape index (κ1) is 24.3. The molecule has 0 saturated heterocycles. The highest BCUT2D eigenvalue weighted by Crippen LogP contribution is 2.28. The minimum Gasteiger partial charge on any atom is -0.372 e. The van der Waals surface area contributed by atoms with Gasteiger partial charge in [-0.25, -0.2) is 18.1 Å². The quantitative estimate of drug-likeness (QED) is 0.477. The number of carbonyl (C=O) groups is 1. The number of hydrogen-bond donors (Lipinski definition) is 3.